The van der Waals surface area contributed by atoms with Crippen molar-refractivity contribution in [1.82, 2.24) is 9.55 Å². The molecule has 3 nitrogen and oxygen atoms in total. The summed E-state index contributed by atoms with van der Waals surface area (Å²) in [4.78, 5) is 13.9. The number of hydrogen-bond acceptors (Lipinski definition) is 3. The lowest BCUT2D eigenvalue weighted by Gasteiger charge is -2.39. The third kappa shape index (κ3) is 7.14. The Morgan fingerprint density at radius 1 is 1.03 bits per heavy atom. The molecule has 0 aliphatic carbocycles. The largest absolute Gasteiger partial charge is 0.325 e. The highest BCUT2D eigenvalue weighted by atomic mass is 32.2. The highest BCUT2D eigenvalue weighted by molar-refractivity contribution is 8.00. The van der Waals surface area contributed by atoms with Crippen molar-refractivity contribution < 1.29 is 0 Å². The molecule has 0 saturated carbocycles. The van der Waals surface area contributed by atoms with Crippen molar-refractivity contribution in [1.29, 1.82) is 0 Å². The fourth-order valence-electron chi connectivity index (χ4n) is 3.93. The Labute approximate surface area is 185 Å². The van der Waals surface area contributed by atoms with Crippen LogP contribution in [-0.4, -0.2) is 15.3 Å². The van der Waals surface area contributed by atoms with Crippen LogP contribution in [0.3, 0.4) is 0 Å². The molecule has 29 heavy (non-hydrogen) atoms. The van der Waals surface area contributed by atoms with Gasteiger partial charge in [0.25, 0.3) is 5.56 Å². The average Bonchev–Trinajstić information content (AvgIpc) is 2.68. The van der Waals surface area contributed by atoms with Gasteiger partial charge in [-0.15, -0.1) is 0 Å². The molecule has 1 aromatic carbocycles. The molecule has 1 heterocycles. The van der Waals surface area contributed by atoms with Crippen molar-refractivity contribution in [2.75, 3.05) is 5.75 Å². The second-order valence-corrected chi connectivity index (χ2v) is 10.4. The van der Waals surface area contributed by atoms with Crippen LogP contribution >= 0.6 is 24.0 Å². The van der Waals surface area contributed by atoms with E-state index in [2.05, 4.69) is 74.8 Å². The molecule has 0 bridgehead atoms. The Balaban J connectivity index is 1.85. The fourth-order valence-corrected chi connectivity index (χ4v) is 5.99. The number of nitrogens with one attached hydrogen (secondary N) is 1. The molecule has 0 radical (unpaired) electrons. The van der Waals surface area contributed by atoms with Gasteiger partial charge in [0.1, 0.15) is 0 Å². The number of H-pyrrole nitrogens is 1. The summed E-state index contributed by atoms with van der Waals surface area (Å²) in [7, 11) is 0. The normalized spacial score (nSPS) is 13.7. The van der Waals surface area contributed by atoms with Gasteiger partial charge in [0.05, 0.1) is 0 Å². The minimum Gasteiger partial charge on any atom is -0.325 e. The van der Waals surface area contributed by atoms with E-state index < -0.39 is 0 Å². The van der Waals surface area contributed by atoms with Crippen LogP contribution in [0.1, 0.15) is 65.4 Å². The minimum absolute atomic E-state index is 0.128. The van der Waals surface area contributed by atoms with Crippen LogP contribution in [0.25, 0.3) is 0 Å². The number of thioether (sulfide) groups is 1. The van der Waals surface area contributed by atoms with E-state index in [4.69, 9.17) is 12.2 Å². The van der Waals surface area contributed by atoms with Gasteiger partial charge >= 0.3 is 0 Å². The Hall–Kier alpha value is -1.33. The molecule has 1 atom stereocenters. The van der Waals surface area contributed by atoms with Crippen LogP contribution in [0.5, 0.6) is 0 Å². The van der Waals surface area contributed by atoms with Gasteiger partial charge in [0.15, 0.2) is 4.77 Å². The third-order valence-electron chi connectivity index (χ3n) is 5.46. The molecule has 2 rings (SSSR count). The van der Waals surface area contributed by atoms with Gasteiger partial charge in [-0.2, -0.15) is 11.8 Å². The Kier molecular flexibility index (Phi) is 9.70. The minimum atomic E-state index is -0.128. The fraction of sp³-hybridized carbons (Fsp3) is 0.583. The maximum atomic E-state index is 11.3. The molecule has 0 aliphatic rings. The zero-order chi connectivity index (χ0) is 21.3. The molecule has 5 heteroatoms. The Morgan fingerprint density at radius 3 is 2.34 bits per heavy atom. The highest BCUT2D eigenvalue weighted by Crippen LogP contribution is 2.48. The Bertz CT molecular complexity index is 842. The Morgan fingerprint density at radius 2 is 1.72 bits per heavy atom. The lowest BCUT2D eigenvalue weighted by molar-refractivity contribution is 0.367. The first-order chi connectivity index (χ1) is 13.8. The van der Waals surface area contributed by atoms with E-state index in [-0.39, 0.29) is 10.3 Å². The predicted molar refractivity (Wildman–Crippen MR) is 129 cm³/mol. The summed E-state index contributed by atoms with van der Waals surface area (Å²) in [6.07, 6.45) is 7.75. The van der Waals surface area contributed by atoms with Crippen LogP contribution < -0.4 is 5.56 Å². The molecule has 1 aromatic heterocycles. The van der Waals surface area contributed by atoms with Gasteiger partial charge in [-0.25, -0.2) is 0 Å². The quantitative estimate of drug-likeness (QED) is 0.296. The molecule has 0 aliphatic heterocycles. The monoisotopic (exact) mass is 432 g/mol. The van der Waals surface area contributed by atoms with Crippen molar-refractivity contribution >= 4 is 24.0 Å². The summed E-state index contributed by atoms with van der Waals surface area (Å²) < 4.78 is 2.66. The van der Waals surface area contributed by atoms with Gasteiger partial charge < -0.3 is 4.57 Å². The molecule has 2 aromatic rings. The first-order valence-electron chi connectivity index (χ1n) is 10.8. The molecule has 0 fully saturated rings. The summed E-state index contributed by atoms with van der Waals surface area (Å²) in [6.45, 7) is 10.3. The topological polar surface area (TPSA) is 37.8 Å². The standard InChI is InChI=1S/C24H36N2OS2/c1-19(2)18-24(20(3)4,21-12-8-7-9-13-21)29-17-11-6-5-10-15-26-16-14-22(27)25-23(26)28/h7-9,12-14,16,19-20H,5-6,10-11,15,17-18H2,1-4H3,(H,25,27,28). The van der Waals surface area contributed by atoms with Crippen molar-refractivity contribution in [3.05, 3.63) is 63.3 Å². The lowest BCUT2D eigenvalue weighted by atomic mass is 9.81. The van der Waals surface area contributed by atoms with Gasteiger partial charge in [-0.3, -0.25) is 9.78 Å². The molecule has 1 unspecified atom stereocenters. The van der Waals surface area contributed by atoms with Gasteiger partial charge in [-0.1, -0.05) is 70.9 Å². The van der Waals surface area contributed by atoms with Crippen LogP contribution in [-0.2, 0) is 11.3 Å². The van der Waals surface area contributed by atoms with Crippen molar-refractivity contribution in [3.8, 4) is 0 Å². The first kappa shape index (κ1) is 23.9. The van der Waals surface area contributed by atoms with E-state index >= 15 is 0 Å². The van der Waals surface area contributed by atoms with Gasteiger partial charge in [-0.05, 0) is 54.6 Å². The molecule has 0 saturated heterocycles. The van der Waals surface area contributed by atoms with Crippen LogP contribution in [0.4, 0.5) is 0 Å². The van der Waals surface area contributed by atoms with Crippen LogP contribution in [0.15, 0.2) is 47.4 Å². The summed E-state index contributed by atoms with van der Waals surface area (Å²) in [5.41, 5.74) is 1.35. The van der Waals surface area contributed by atoms with E-state index in [9.17, 15) is 4.79 Å². The van der Waals surface area contributed by atoms with E-state index in [0.29, 0.717) is 16.6 Å². The maximum Gasteiger partial charge on any atom is 0.251 e. The van der Waals surface area contributed by atoms with E-state index in [1.165, 1.54) is 43.1 Å². The number of aryl methyl sites for hydroxylation is 1. The summed E-state index contributed by atoms with van der Waals surface area (Å²) in [5, 5.41) is 0. The predicted octanol–water partition coefficient (Wildman–Crippen LogP) is 6.80. The number of rotatable bonds is 12. The van der Waals surface area contributed by atoms with Gasteiger partial charge in [0.2, 0.25) is 0 Å². The average molecular weight is 433 g/mol. The number of benzene rings is 1. The van der Waals surface area contributed by atoms with Crippen LogP contribution in [0, 0.1) is 16.6 Å². The smallest absolute Gasteiger partial charge is 0.251 e. The number of aromatic amines is 1. The van der Waals surface area contributed by atoms with Crippen LogP contribution in [0.2, 0.25) is 0 Å². The second-order valence-electron chi connectivity index (χ2n) is 8.57. The van der Waals surface area contributed by atoms with E-state index in [0.717, 1.165) is 13.0 Å². The van der Waals surface area contributed by atoms with E-state index in [1.807, 2.05) is 4.57 Å². The van der Waals surface area contributed by atoms with Crippen molar-refractivity contribution in [2.24, 2.45) is 11.8 Å². The SMILES string of the molecule is CC(C)CC(SCCCCCCn1ccc(=O)[nH]c1=S)(c1ccccc1)C(C)C. The molecular formula is C24H36N2OS2. The number of aromatic nitrogens is 2. The first-order valence-corrected chi connectivity index (χ1v) is 12.2. The van der Waals surface area contributed by atoms with E-state index in [1.54, 1.807) is 6.20 Å². The summed E-state index contributed by atoms with van der Waals surface area (Å²) in [6, 6.07) is 12.6. The maximum absolute atomic E-state index is 11.3. The lowest BCUT2D eigenvalue weighted by Crippen LogP contribution is -2.31. The molecular weight excluding hydrogens is 396 g/mol. The summed E-state index contributed by atoms with van der Waals surface area (Å²) in [5.74, 6) is 2.46. The zero-order valence-corrected chi connectivity index (χ0v) is 20.0. The van der Waals surface area contributed by atoms with Crippen molar-refractivity contribution in [2.45, 2.75) is 71.1 Å². The molecule has 1 N–H and O–H groups in total. The van der Waals surface area contributed by atoms with Gasteiger partial charge in [0, 0.05) is 23.6 Å². The second kappa shape index (κ2) is 11.8. The number of unbranched alkanes of at least 4 members (excludes halogenated alkanes) is 3. The molecule has 0 amide bonds. The third-order valence-corrected chi connectivity index (χ3v) is 7.67. The highest BCUT2D eigenvalue weighted by Gasteiger charge is 2.36. The molecule has 160 valence electrons. The van der Waals surface area contributed by atoms with Crippen molar-refractivity contribution in [3.63, 3.8) is 0 Å². The number of nitrogens with zero attached hydrogens (tertiary/aromatic N) is 1. The number of hydrogen-bond donors (Lipinski definition) is 1. The molecule has 0 spiro atoms. The zero-order valence-electron chi connectivity index (χ0n) is 18.3. The summed E-state index contributed by atoms with van der Waals surface area (Å²) >= 11 is 7.36.